The van der Waals surface area contributed by atoms with Crippen LogP contribution < -0.4 is 0 Å². The summed E-state index contributed by atoms with van der Waals surface area (Å²) in [6, 6.07) is 3.70. The first-order valence-electron chi connectivity index (χ1n) is 4.12. The standard InChI is InChI=1S/C10H5ClN4/c11-10-9(5-14-6-15-10)8-1-7(2-12)3-13-4-8/h1,3-6H. The maximum absolute atomic E-state index is 8.72. The monoisotopic (exact) mass is 216 g/mol. The predicted molar refractivity (Wildman–Crippen MR) is 55.0 cm³/mol. The summed E-state index contributed by atoms with van der Waals surface area (Å²) in [5.41, 5.74) is 1.89. The van der Waals surface area contributed by atoms with Crippen LogP contribution in [-0.2, 0) is 0 Å². The van der Waals surface area contributed by atoms with Gasteiger partial charge in [0.15, 0.2) is 0 Å². The molecule has 0 aliphatic carbocycles. The van der Waals surface area contributed by atoms with Gasteiger partial charge in [0.1, 0.15) is 17.5 Å². The summed E-state index contributed by atoms with van der Waals surface area (Å²) in [6.45, 7) is 0. The van der Waals surface area contributed by atoms with Gasteiger partial charge in [-0.3, -0.25) is 4.98 Å². The van der Waals surface area contributed by atoms with Crippen LogP contribution in [0.5, 0.6) is 0 Å². The molecule has 0 radical (unpaired) electrons. The molecule has 0 aliphatic rings. The zero-order chi connectivity index (χ0) is 10.7. The van der Waals surface area contributed by atoms with Crippen molar-refractivity contribution in [2.24, 2.45) is 0 Å². The Morgan fingerprint density at radius 3 is 2.80 bits per heavy atom. The van der Waals surface area contributed by atoms with E-state index >= 15 is 0 Å². The van der Waals surface area contributed by atoms with Gasteiger partial charge in [0.25, 0.3) is 0 Å². The molecule has 0 saturated carbocycles. The van der Waals surface area contributed by atoms with Crippen LogP contribution in [0.2, 0.25) is 5.15 Å². The molecular weight excluding hydrogens is 212 g/mol. The molecule has 0 bridgehead atoms. The zero-order valence-electron chi connectivity index (χ0n) is 7.55. The molecule has 72 valence electrons. The normalized spacial score (nSPS) is 9.60. The van der Waals surface area contributed by atoms with Gasteiger partial charge in [0.05, 0.1) is 5.56 Å². The highest BCUT2D eigenvalue weighted by atomic mass is 35.5. The van der Waals surface area contributed by atoms with Crippen molar-refractivity contribution in [1.82, 2.24) is 15.0 Å². The maximum atomic E-state index is 8.72. The van der Waals surface area contributed by atoms with Crippen molar-refractivity contribution in [1.29, 1.82) is 5.26 Å². The Hall–Kier alpha value is -1.99. The Morgan fingerprint density at radius 1 is 1.20 bits per heavy atom. The largest absolute Gasteiger partial charge is 0.263 e. The number of hydrogen-bond donors (Lipinski definition) is 0. The lowest BCUT2D eigenvalue weighted by atomic mass is 10.1. The Labute approximate surface area is 91.2 Å². The fraction of sp³-hybridized carbons (Fsp3) is 0. The molecule has 0 aromatic carbocycles. The molecule has 4 nitrogen and oxygen atoms in total. The maximum Gasteiger partial charge on any atom is 0.140 e. The minimum atomic E-state index is 0.349. The quantitative estimate of drug-likeness (QED) is 0.685. The molecule has 2 rings (SSSR count). The van der Waals surface area contributed by atoms with Gasteiger partial charge >= 0.3 is 0 Å². The minimum Gasteiger partial charge on any atom is -0.263 e. The second kappa shape index (κ2) is 4.03. The third-order valence-electron chi connectivity index (χ3n) is 1.84. The molecule has 0 spiro atoms. The van der Waals surface area contributed by atoms with Crippen LogP contribution in [0.25, 0.3) is 11.1 Å². The van der Waals surface area contributed by atoms with Crippen molar-refractivity contribution in [2.75, 3.05) is 0 Å². The highest BCUT2D eigenvalue weighted by Gasteiger charge is 2.05. The molecule has 2 aromatic heterocycles. The van der Waals surface area contributed by atoms with E-state index in [1.165, 1.54) is 12.5 Å². The number of rotatable bonds is 1. The number of nitriles is 1. The fourth-order valence-electron chi connectivity index (χ4n) is 1.16. The average Bonchev–Trinajstić information content (AvgIpc) is 2.30. The average molecular weight is 217 g/mol. The summed E-state index contributed by atoms with van der Waals surface area (Å²) in [5, 5.41) is 9.07. The van der Waals surface area contributed by atoms with Crippen LogP contribution in [0, 0.1) is 11.3 Å². The fourth-order valence-corrected chi connectivity index (χ4v) is 1.36. The Morgan fingerprint density at radius 2 is 2.07 bits per heavy atom. The molecule has 15 heavy (non-hydrogen) atoms. The predicted octanol–water partition coefficient (Wildman–Crippen LogP) is 2.06. The third-order valence-corrected chi connectivity index (χ3v) is 2.14. The molecule has 0 N–H and O–H groups in total. The van der Waals surface area contributed by atoms with Crippen molar-refractivity contribution in [3.8, 4) is 17.2 Å². The molecule has 2 aromatic rings. The third kappa shape index (κ3) is 1.92. The highest BCUT2D eigenvalue weighted by molar-refractivity contribution is 6.32. The van der Waals surface area contributed by atoms with Gasteiger partial charge < -0.3 is 0 Å². The van der Waals surface area contributed by atoms with Crippen LogP contribution in [-0.4, -0.2) is 15.0 Å². The highest BCUT2D eigenvalue weighted by Crippen LogP contribution is 2.24. The van der Waals surface area contributed by atoms with Gasteiger partial charge in [-0.2, -0.15) is 5.26 Å². The SMILES string of the molecule is N#Cc1cncc(-c2cncnc2Cl)c1. The van der Waals surface area contributed by atoms with Gasteiger partial charge in [-0.1, -0.05) is 11.6 Å². The zero-order valence-corrected chi connectivity index (χ0v) is 8.31. The van der Waals surface area contributed by atoms with Crippen molar-refractivity contribution in [3.05, 3.63) is 41.7 Å². The second-order valence-corrected chi connectivity index (χ2v) is 3.16. The number of aromatic nitrogens is 3. The molecule has 0 aliphatic heterocycles. The van der Waals surface area contributed by atoms with E-state index in [0.29, 0.717) is 16.3 Å². The lowest BCUT2D eigenvalue weighted by Crippen LogP contribution is -1.87. The van der Waals surface area contributed by atoms with Crippen molar-refractivity contribution >= 4 is 11.6 Å². The molecule has 0 unspecified atom stereocenters. The van der Waals surface area contributed by atoms with Crippen LogP contribution in [0.3, 0.4) is 0 Å². The van der Waals surface area contributed by atoms with Crippen LogP contribution in [0.1, 0.15) is 5.56 Å². The van der Waals surface area contributed by atoms with Gasteiger partial charge in [-0.15, -0.1) is 0 Å². The van der Waals surface area contributed by atoms with Crippen molar-refractivity contribution in [2.45, 2.75) is 0 Å². The molecule has 2 heterocycles. The summed E-state index contributed by atoms with van der Waals surface area (Å²) in [7, 11) is 0. The summed E-state index contributed by atoms with van der Waals surface area (Å²) in [6.07, 6.45) is 6.06. The molecule has 0 fully saturated rings. The van der Waals surface area contributed by atoms with E-state index in [4.69, 9.17) is 16.9 Å². The molecule has 5 heteroatoms. The summed E-state index contributed by atoms with van der Waals surface area (Å²) >= 11 is 5.89. The van der Waals surface area contributed by atoms with Gasteiger partial charge in [0.2, 0.25) is 0 Å². The first-order chi connectivity index (χ1) is 7.31. The van der Waals surface area contributed by atoms with E-state index in [0.717, 1.165) is 5.56 Å². The van der Waals surface area contributed by atoms with Crippen molar-refractivity contribution < 1.29 is 0 Å². The van der Waals surface area contributed by atoms with Gasteiger partial charge in [-0.05, 0) is 6.07 Å². The summed E-state index contributed by atoms with van der Waals surface area (Å²) in [5.74, 6) is 0. The van der Waals surface area contributed by atoms with Gasteiger partial charge in [0, 0.05) is 29.7 Å². The number of nitrogens with zero attached hydrogens (tertiary/aromatic N) is 4. The smallest absolute Gasteiger partial charge is 0.140 e. The molecule has 0 amide bonds. The van der Waals surface area contributed by atoms with Crippen LogP contribution in [0.4, 0.5) is 0 Å². The Bertz CT molecular complexity index is 533. The summed E-state index contributed by atoms with van der Waals surface area (Å²) in [4.78, 5) is 11.7. The van der Waals surface area contributed by atoms with Gasteiger partial charge in [-0.25, -0.2) is 9.97 Å². The number of pyridine rings is 1. The van der Waals surface area contributed by atoms with Crippen LogP contribution >= 0.6 is 11.6 Å². The molecule has 0 saturated heterocycles. The molecule has 0 atom stereocenters. The van der Waals surface area contributed by atoms with Crippen LogP contribution in [0.15, 0.2) is 31.0 Å². The lowest BCUT2D eigenvalue weighted by Gasteiger charge is -2.01. The van der Waals surface area contributed by atoms with E-state index in [9.17, 15) is 0 Å². The van der Waals surface area contributed by atoms with E-state index < -0.39 is 0 Å². The number of halogens is 1. The topological polar surface area (TPSA) is 62.5 Å². The Balaban J connectivity index is 2.55. The first kappa shape index (κ1) is 9.56. The van der Waals surface area contributed by atoms with E-state index in [1.807, 2.05) is 6.07 Å². The van der Waals surface area contributed by atoms with E-state index in [1.54, 1.807) is 18.5 Å². The minimum absolute atomic E-state index is 0.349. The molecular formula is C10H5ClN4. The second-order valence-electron chi connectivity index (χ2n) is 2.80. The Kier molecular flexibility index (Phi) is 2.57. The lowest BCUT2D eigenvalue weighted by molar-refractivity contribution is 1.17. The van der Waals surface area contributed by atoms with E-state index in [-0.39, 0.29) is 0 Å². The van der Waals surface area contributed by atoms with Crippen molar-refractivity contribution in [3.63, 3.8) is 0 Å². The van der Waals surface area contributed by atoms with E-state index in [2.05, 4.69) is 15.0 Å². The first-order valence-corrected chi connectivity index (χ1v) is 4.50. The summed E-state index contributed by atoms with van der Waals surface area (Å²) < 4.78 is 0. The number of hydrogen-bond acceptors (Lipinski definition) is 4.